The van der Waals surface area contributed by atoms with E-state index in [1.54, 1.807) is 23.5 Å². The summed E-state index contributed by atoms with van der Waals surface area (Å²) in [6.07, 6.45) is 3.31. The van der Waals surface area contributed by atoms with E-state index in [-0.39, 0.29) is 11.7 Å². The summed E-state index contributed by atoms with van der Waals surface area (Å²) in [5.41, 5.74) is 13.2. The first-order chi connectivity index (χ1) is 9.65. The van der Waals surface area contributed by atoms with Gasteiger partial charge in [0.25, 0.3) is 5.91 Å². The Bertz CT molecular complexity index is 652. The molecule has 2 aromatic rings. The van der Waals surface area contributed by atoms with Crippen molar-refractivity contribution in [3.8, 4) is 0 Å². The molecule has 1 aliphatic carbocycles. The smallest absolute Gasteiger partial charge is 0.267 e. The molecule has 5 N–H and O–H groups in total. The summed E-state index contributed by atoms with van der Waals surface area (Å²) in [5, 5.41) is 5.46. The number of aryl methyl sites for hydroxylation is 1. The van der Waals surface area contributed by atoms with Gasteiger partial charge in [-0.3, -0.25) is 4.79 Å². The van der Waals surface area contributed by atoms with E-state index in [1.807, 2.05) is 0 Å². The lowest BCUT2D eigenvalue weighted by atomic mass is 9.94. The molecule has 104 valence electrons. The number of aromatic nitrogens is 1. The van der Waals surface area contributed by atoms with Gasteiger partial charge in [0.1, 0.15) is 5.69 Å². The number of amides is 1. The predicted octanol–water partition coefficient (Wildman–Crippen LogP) is 2.31. The Morgan fingerprint density at radius 1 is 1.40 bits per heavy atom. The van der Waals surface area contributed by atoms with Crippen LogP contribution in [0.1, 0.15) is 39.8 Å². The minimum atomic E-state index is -0.548. The van der Waals surface area contributed by atoms with Gasteiger partial charge in [-0.05, 0) is 48.4 Å². The van der Waals surface area contributed by atoms with Gasteiger partial charge in [0, 0.05) is 4.88 Å². The average Bonchev–Trinajstić information content (AvgIpc) is 2.90. The fourth-order valence-electron chi connectivity index (χ4n) is 2.52. The van der Waals surface area contributed by atoms with Crippen LogP contribution in [0.25, 0.3) is 0 Å². The molecular formula is C14H16N4OS. The molecule has 0 aromatic carbocycles. The lowest BCUT2D eigenvalue weighted by molar-refractivity contribution is 0.0995. The van der Waals surface area contributed by atoms with E-state index in [0.29, 0.717) is 11.5 Å². The number of hydrogen-bond acceptors (Lipinski definition) is 5. The van der Waals surface area contributed by atoms with Gasteiger partial charge in [0.15, 0.2) is 5.82 Å². The highest BCUT2D eigenvalue weighted by Crippen LogP contribution is 2.36. The molecule has 2 heterocycles. The van der Waals surface area contributed by atoms with Crippen molar-refractivity contribution in [2.75, 3.05) is 11.1 Å². The summed E-state index contributed by atoms with van der Waals surface area (Å²) in [6.45, 7) is 0. The van der Waals surface area contributed by atoms with Crippen molar-refractivity contribution < 1.29 is 4.79 Å². The number of rotatable bonds is 3. The molecule has 0 aliphatic heterocycles. The van der Waals surface area contributed by atoms with Crippen LogP contribution in [0.5, 0.6) is 0 Å². The number of nitrogen functional groups attached to an aromatic ring is 1. The number of nitrogens with zero attached hydrogens (tertiary/aromatic N) is 1. The molecule has 0 saturated heterocycles. The van der Waals surface area contributed by atoms with Crippen molar-refractivity contribution in [2.45, 2.75) is 25.3 Å². The topological polar surface area (TPSA) is 94.0 Å². The van der Waals surface area contributed by atoms with Gasteiger partial charge >= 0.3 is 0 Å². The van der Waals surface area contributed by atoms with Gasteiger partial charge in [0.05, 0.1) is 11.7 Å². The van der Waals surface area contributed by atoms with Crippen LogP contribution in [0, 0.1) is 0 Å². The number of thiophene rings is 1. The Hall–Kier alpha value is -2.08. The maximum absolute atomic E-state index is 11.2. The van der Waals surface area contributed by atoms with E-state index in [4.69, 9.17) is 11.5 Å². The maximum Gasteiger partial charge on any atom is 0.267 e. The van der Waals surface area contributed by atoms with Crippen LogP contribution in [-0.2, 0) is 6.42 Å². The molecule has 0 fully saturated rings. The third-order valence-electron chi connectivity index (χ3n) is 3.54. The van der Waals surface area contributed by atoms with Crippen LogP contribution in [0.15, 0.2) is 23.6 Å². The van der Waals surface area contributed by atoms with E-state index < -0.39 is 5.91 Å². The number of pyridine rings is 1. The monoisotopic (exact) mass is 288 g/mol. The van der Waals surface area contributed by atoms with Gasteiger partial charge in [-0.25, -0.2) is 4.98 Å². The average molecular weight is 288 g/mol. The SMILES string of the molecule is NC(=O)c1ccc(N)c(NC2CCCc3sccc32)n1. The Labute approximate surface area is 121 Å². The molecule has 0 radical (unpaired) electrons. The Kier molecular flexibility index (Phi) is 3.31. The highest BCUT2D eigenvalue weighted by atomic mass is 32.1. The molecular weight excluding hydrogens is 272 g/mol. The molecule has 0 saturated carbocycles. The van der Waals surface area contributed by atoms with Crippen molar-refractivity contribution in [1.82, 2.24) is 4.98 Å². The number of nitrogens with two attached hydrogens (primary N) is 2. The highest BCUT2D eigenvalue weighted by molar-refractivity contribution is 7.10. The summed E-state index contributed by atoms with van der Waals surface area (Å²) in [5.74, 6) is -0.0155. The van der Waals surface area contributed by atoms with E-state index in [2.05, 4.69) is 21.7 Å². The molecule has 3 rings (SSSR count). The second kappa shape index (κ2) is 5.13. The molecule has 1 aliphatic rings. The van der Waals surface area contributed by atoms with Gasteiger partial charge in [0.2, 0.25) is 0 Å². The first kappa shape index (κ1) is 12.9. The third kappa shape index (κ3) is 2.34. The number of nitrogens with one attached hydrogen (secondary N) is 1. The summed E-state index contributed by atoms with van der Waals surface area (Å²) in [4.78, 5) is 16.8. The summed E-state index contributed by atoms with van der Waals surface area (Å²) < 4.78 is 0. The first-order valence-corrected chi connectivity index (χ1v) is 7.42. The van der Waals surface area contributed by atoms with E-state index in [0.717, 1.165) is 19.3 Å². The number of primary amides is 1. The molecule has 0 spiro atoms. The van der Waals surface area contributed by atoms with Gasteiger partial charge in [-0.1, -0.05) is 0 Å². The van der Waals surface area contributed by atoms with Crippen LogP contribution in [0.4, 0.5) is 11.5 Å². The summed E-state index contributed by atoms with van der Waals surface area (Å²) >= 11 is 1.79. The fraction of sp³-hybridized carbons (Fsp3) is 0.286. The van der Waals surface area contributed by atoms with Crippen molar-refractivity contribution in [1.29, 1.82) is 0 Å². The van der Waals surface area contributed by atoms with E-state index >= 15 is 0 Å². The number of fused-ring (bicyclic) bond motifs is 1. The molecule has 2 aromatic heterocycles. The molecule has 1 unspecified atom stereocenters. The van der Waals surface area contributed by atoms with Crippen LogP contribution in [0.3, 0.4) is 0 Å². The Morgan fingerprint density at radius 2 is 2.25 bits per heavy atom. The molecule has 6 heteroatoms. The minimum Gasteiger partial charge on any atom is -0.396 e. The Morgan fingerprint density at radius 3 is 3.05 bits per heavy atom. The summed E-state index contributed by atoms with van der Waals surface area (Å²) in [6, 6.07) is 5.54. The fourth-order valence-corrected chi connectivity index (χ4v) is 3.51. The standard InChI is InChI=1S/C14H16N4OS/c15-9-4-5-11(13(16)19)18-14(9)17-10-2-1-3-12-8(10)6-7-20-12/h4-7,10H,1-3,15H2,(H2,16,19)(H,17,18). The second-order valence-electron chi connectivity index (χ2n) is 4.89. The van der Waals surface area contributed by atoms with Crippen LogP contribution in [-0.4, -0.2) is 10.9 Å². The second-order valence-corrected chi connectivity index (χ2v) is 5.89. The largest absolute Gasteiger partial charge is 0.396 e. The number of carbonyl (C=O) groups is 1. The first-order valence-electron chi connectivity index (χ1n) is 6.54. The molecule has 1 atom stereocenters. The Balaban J connectivity index is 1.89. The van der Waals surface area contributed by atoms with Crippen molar-refractivity contribution in [2.24, 2.45) is 5.73 Å². The van der Waals surface area contributed by atoms with E-state index in [1.165, 1.54) is 10.4 Å². The molecule has 20 heavy (non-hydrogen) atoms. The van der Waals surface area contributed by atoms with E-state index in [9.17, 15) is 4.79 Å². The maximum atomic E-state index is 11.2. The number of hydrogen-bond donors (Lipinski definition) is 3. The van der Waals surface area contributed by atoms with Crippen molar-refractivity contribution in [3.05, 3.63) is 39.7 Å². The zero-order valence-electron chi connectivity index (χ0n) is 10.9. The minimum absolute atomic E-state index is 0.197. The molecule has 0 bridgehead atoms. The lowest BCUT2D eigenvalue weighted by Crippen LogP contribution is -2.19. The van der Waals surface area contributed by atoms with Crippen LogP contribution < -0.4 is 16.8 Å². The predicted molar refractivity (Wildman–Crippen MR) is 80.8 cm³/mol. The third-order valence-corrected chi connectivity index (χ3v) is 4.54. The van der Waals surface area contributed by atoms with Crippen molar-refractivity contribution >= 4 is 28.7 Å². The quantitative estimate of drug-likeness (QED) is 0.807. The normalized spacial score (nSPS) is 17.5. The zero-order valence-corrected chi connectivity index (χ0v) is 11.7. The van der Waals surface area contributed by atoms with Gasteiger partial charge < -0.3 is 16.8 Å². The van der Waals surface area contributed by atoms with Gasteiger partial charge in [-0.2, -0.15) is 0 Å². The molecule has 1 amide bonds. The number of carbonyl (C=O) groups excluding carboxylic acids is 1. The summed E-state index contributed by atoms with van der Waals surface area (Å²) in [7, 11) is 0. The lowest BCUT2D eigenvalue weighted by Gasteiger charge is -2.24. The van der Waals surface area contributed by atoms with Crippen LogP contribution >= 0.6 is 11.3 Å². The van der Waals surface area contributed by atoms with Gasteiger partial charge in [-0.15, -0.1) is 11.3 Å². The zero-order chi connectivity index (χ0) is 14.1. The van der Waals surface area contributed by atoms with Crippen LogP contribution in [0.2, 0.25) is 0 Å². The highest BCUT2D eigenvalue weighted by Gasteiger charge is 2.22. The molecule has 5 nitrogen and oxygen atoms in total. The van der Waals surface area contributed by atoms with Crippen molar-refractivity contribution in [3.63, 3.8) is 0 Å². The number of anilines is 2.